The van der Waals surface area contributed by atoms with Crippen molar-refractivity contribution < 1.29 is 9.21 Å². The van der Waals surface area contributed by atoms with Crippen molar-refractivity contribution in [1.82, 2.24) is 4.90 Å². The van der Waals surface area contributed by atoms with Crippen LogP contribution >= 0.6 is 27.5 Å². The number of halogens is 2. The van der Waals surface area contributed by atoms with Gasteiger partial charge in [0.05, 0.1) is 17.0 Å². The number of hydrogen-bond donors (Lipinski definition) is 0. The predicted molar refractivity (Wildman–Crippen MR) is 129 cm³/mol. The molecule has 6 heteroatoms. The van der Waals surface area contributed by atoms with Crippen molar-refractivity contribution in [3.8, 4) is 0 Å². The van der Waals surface area contributed by atoms with Crippen LogP contribution in [0.1, 0.15) is 44.4 Å². The van der Waals surface area contributed by atoms with Crippen LogP contribution in [-0.2, 0) is 6.54 Å². The van der Waals surface area contributed by atoms with Crippen molar-refractivity contribution in [3.63, 3.8) is 0 Å². The highest BCUT2D eigenvalue weighted by molar-refractivity contribution is 9.10. The molecule has 4 aromatic rings. The summed E-state index contributed by atoms with van der Waals surface area (Å²) in [4.78, 5) is 28.8. The van der Waals surface area contributed by atoms with Crippen molar-refractivity contribution in [1.29, 1.82) is 0 Å². The van der Waals surface area contributed by atoms with Crippen LogP contribution in [0.25, 0.3) is 11.0 Å². The fourth-order valence-corrected chi connectivity index (χ4v) is 4.61. The number of amides is 1. The minimum absolute atomic E-state index is 0.101. The van der Waals surface area contributed by atoms with Gasteiger partial charge in [-0.15, -0.1) is 0 Å². The van der Waals surface area contributed by atoms with E-state index >= 15 is 0 Å². The molecule has 2 heterocycles. The average molecular weight is 509 g/mol. The van der Waals surface area contributed by atoms with Crippen molar-refractivity contribution in [2.24, 2.45) is 0 Å². The van der Waals surface area contributed by atoms with Crippen LogP contribution in [0, 0.1) is 13.8 Å². The second-order valence-electron chi connectivity index (χ2n) is 8.14. The lowest BCUT2D eigenvalue weighted by molar-refractivity contribution is 0.0714. The molecule has 5 rings (SSSR count). The highest BCUT2D eigenvalue weighted by Gasteiger charge is 2.42. The summed E-state index contributed by atoms with van der Waals surface area (Å²) in [5, 5.41) is 0.872. The van der Waals surface area contributed by atoms with Crippen LogP contribution in [0.4, 0.5) is 0 Å². The van der Waals surface area contributed by atoms with E-state index in [-0.39, 0.29) is 17.1 Å². The first-order chi connectivity index (χ1) is 15.3. The summed E-state index contributed by atoms with van der Waals surface area (Å²) in [6.45, 7) is 4.22. The molecule has 1 unspecified atom stereocenters. The molecule has 1 aromatic heterocycles. The van der Waals surface area contributed by atoms with Gasteiger partial charge in [0, 0.05) is 16.0 Å². The fraction of sp³-hybridized carbons (Fsp3) is 0.154. The Balaban J connectivity index is 1.73. The van der Waals surface area contributed by atoms with E-state index in [0.717, 1.165) is 26.7 Å². The summed E-state index contributed by atoms with van der Waals surface area (Å²) < 4.78 is 6.96. The third-order valence-electron chi connectivity index (χ3n) is 5.91. The molecule has 0 fully saturated rings. The van der Waals surface area contributed by atoms with E-state index in [0.29, 0.717) is 28.1 Å². The summed E-state index contributed by atoms with van der Waals surface area (Å²) in [5.41, 5.74) is 4.26. The molecule has 160 valence electrons. The second kappa shape index (κ2) is 7.91. The van der Waals surface area contributed by atoms with Gasteiger partial charge in [-0.1, -0.05) is 69.5 Å². The lowest BCUT2D eigenvalue weighted by Gasteiger charge is -2.25. The molecule has 1 amide bonds. The molecular weight excluding hydrogens is 490 g/mol. The first-order valence-corrected chi connectivity index (χ1v) is 11.4. The zero-order valence-corrected chi connectivity index (χ0v) is 19.8. The molecule has 32 heavy (non-hydrogen) atoms. The molecule has 0 radical (unpaired) electrons. The molecule has 0 spiro atoms. The molecular formula is C26H19BrClNO3. The molecule has 0 saturated carbocycles. The van der Waals surface area contributed by atoms with Gasteiger partial charge in [0.25, 0.3) is 5.91 Å². The van der Waals surface area contributed by atoms with E-state index in [4.69, 9.17) is 16.0 Å². The summed E-state index contributed by atoms with van der Waals surface area (Å²) >= 11 is 9.76. The average Bonchev–Trinajstić information content (AvgIpc) is 3.04. The van der Waals surface area contributed by atoms with Gasteiger partial charge in [0.1, 0.15) is 5.58 Å². The zero-order valence-electron chi connectivity index (χ0n) is 17.5. The maximum atomic E-state index is 13.6. The molecule has 1 aliphatic rings. The minimum Gasteiger partial charge on any atom is -0.450 e. The van der Waals surface area contributed by atoms with E-state index in [1.807, 2.05) is 62.4 Å². The molecule has 1 atom stereocenters. The van der Waals surface area contributed by atoms with Crippen LogP contribution < -0.4 is 5.43 Å². The minimum atomic E-state index is -0.548. The number of aryl methyl sites for hydroxylation is 2. The van der Waals surface area contributed by atoms with Gasteiger partial charge in [-0.05, 0) is 54.8 Å². The standard InChI is InChI=1S/C26H19BrClNO3/c1-14-3-5-16(6-4-14)13-29-23(17-7-9-18(27)10-8-17)22-24(30)19-12-20(28)15(2)11-21(19)32-25(22)26(29)31/h3-12,23H,13H2,1-2H3. The third-order valence-corrected chi connectivity index (χ3v) is 6.84. The lowest BCUT2D eigenvalue weighted by Crippen LogP contribution is -2.29. The smallest absolute Gasteiger partial charge is 0.291 e. The van der Waals surface area contributed by atoms with Gasteiger partial charge in [-0.3, -0.25) is 9.59 Å². The van der Waals surface area contributed by atoms with Crippen molar-refractivity contribution >= 4 is 44.4 Å². The Kier molecular flexibility index (Phi) is 5.19. The van der Waals surface area contributed by atoms with Gasteiger partial charge < -0.3 is 9.32 Å². The predicted octanol–water partition coefficient (Wildman–Crippen LogP) is 6.57. The number of hydrogen-bond acceptors (Lipinski definition) is 3. The number of nitrogens with zero attached hydrogens (tertiary/aromatic N) is 1. The van der Waals surface area contributed by atoms with Crippen LogP contribution in [0.2, 0.25) is 5.02 Å². The third kappa shape index (κ3) is 3.46. The Hall–Kier alpha value is -2.89. The Morgan fingerprint density at radius 3 is 2.38 bits per heavy atom. The number of carbonyl (C=O) groups excluding carboxylic acids is 1. The summed E-state index contributed by atoms with van der Waals surface area (Å²) in [5.74, 6) is -0.190. The Morgan fingerprint density at radius 2 is 1.69 bits per heavy atom. The van der Waals surface area contributed by atoms with Crippen LogP contribution in [-0.4, -0.2) is 10.8 Å². The molecule has 0 bridgehead atoms. The number of rotatable bonds is 3. The topological polar surface area (TPSA) is 50.5 Å². The van der Waals surface area contributed by atoms with Gasteiger partial charge >= 0.3 is 0 Å². The van der Waals surface area contributed by atoms with Gasteiger partial charge in [-0.25, -0.2) is 0 Å². The first kappa shape index (κ1) is 21.0. The van der Waals surface area contributed by atoms with Gasteiger partial charge in [-0.2, -0.15) is 0 Å². The maximum Gasteiger partial charge on any atom is 0.291 e. The SMILES string of the molecule is Cc1ccc(CN2C(=O)c3oc4cc(C)c(Cl)cc4c(=O)c3C2c2ccc(Br)cc2)cc1. The van der Waals surface area contributed by atoms with E-state index in [9.17, 15) is 9.59 Å². The van der Waals surface area contributed by atoms with E-state index in [2.05, 4.69) is 15.9 Å². The Morgan fingerprint density at radius 1 is 1.00 bits per heavy atom. The number of carbonyl (C=O) groups is 1. The first-order valence-electron chi connectivity index (χ1n) is 10.2. The molecule has 0 aliphatic carbocycles. The fourth-order valence-electron chi connectivity index (χ4n) is 4.19. The zero-order chi connectivity index (χ0) is 22.6. The highest BCUT2D eigenvalue weighted by atomic mass is 79.9. The maximum absolute atomic E-state index is 13.6. The molecule has 0 saturated heterocycles. The largest absolute Gasteiger partial charge is 0.450 e. The Bertz CT molecular complexity index is 1430. The van der Waals surface area contributed by atoms with E-state index < -0.39 is 6.04 Å². The van der Waals surface area contributed by atoms with Gasteiger partial charge in [0.15, 0.2) is 5.43 Å². The van der Waals surface area contributed by atoms with E-state index in [1.165, 1.54) is 0 Å². The monoisotopic (exact) mass is 507 g/mol. The molecule has 0 N–H and O–H groups in total. The second-order valence-corrected chi connectivity index (χ2v) is 9.47. The van der Waals surface area contributed by atoms with E-state index in [1.54, 1.807) is 17.0 Å². The molecule has 3 aromatic carbocycles. The summed E-state index contributed by atoms with van der Waals surface area (Å²) in [6.07, 6.45) is 0. The number of benzene rings is 3. The molecule has 4 nitrogen and oxygen atoms in total. The Labute approximate surface area is 198 Å². The van der Waals surface area contributed by atoms with Gasteiger partial charge in [0.2, 0.25) is 5.76 Å². The summed E-state index contributed by atoms with van der Waals surface area (Å²) in [6, 6.07) is 18.5. The van der Waals surface area contributed by atoms with Crippen LogP contribution in [0.5, 0.6) is 0 Å². The van der Waals surface area contributed by atoms with Crippen molar-refractivity contribution in [2.75, 3.05) is 0 Å². The van der Waals surface area contributed by atoms with Crippen LogP contribution in [0.3, 0.4) is 0 Å². The highest BCUT2D eigenvalue weighted by Crippen LogP contribution is 2.40. The molecule has 1 aliphatic heterocycles. The van der Waals surface area contributed by atoms with Crippen LogP contribution in [0.15, 0.2) is 74.3 Å². The normalized spacial score (nSPS) is 15.4. The quantitative estimate of drug-likeness (QED) is 0.314. The van der Waals surface area contributed by atoms with Crippen molar-refractivity contribution in [2.45, 2.75) is 26.4 Å². The number of fused-ring (bicyclic) bond motifs is 2. The van der Waals surface area contributed by atoms with Crippen molar-refractivity contribution in [3.05, 3.63) is 114 Å². The summed E-state index contributed by atoms with van der Waals surface area (Å²) in [7, 11) is 0. The lowest BCUT2D eigenvalue weighted by atomic mass is 9.98.